The van der Waals surface area contributed by atoms with Crippen LogP contribution in [0, 0.1) is 10.5 Å². The second-order valence-electron chi connectivity index (χ2n) is 3.53. The molecular weight excluding hydrogens is 361 g/mol. The summed E-state index contributed by atoms with van der Waals surface area (Å²) in [4.78, 5) is 21.4. The lowest BCUT2D eigenvalue weighted by Gasteiger charge is -2.16. The van der Waals surface area contributed by atoms with Crippen molar-refractivity contribution < 1.29 is 28.2 Å². The zero-order valence-corrected chi connectivity index (χ0v) is 11.4. The molecule has 1 aromatic rings. The minimum absolute atomic E-state index is 0.0825. The van der Waals surface area contributed by atoms with Gasteiger partial charge >= 0.3 is 11.9 Å². The van der Waals surface area contributed by atoms with Crippen molar-refractivity contribution in [1.29, 1.82) is 0 Å². The smallest absolute Gasteiger partial charge is 0.338 e. The first-order valence-electron chi connectivity index (χ1n) is 4.76. The molecule has 98 valence electrons. The molecule has 18 heavy (non-hydrogen) atoms. The van der Waals surface area contributed by atoms with Crippen molar-refractivity contribution in [3.8, 4) is 0 Å². The van der Waals surface area contributed by atoms with Gasteiger partial charge in [0.15, 0.2) is 6.61 Å². The molecular formula is C11H8F2IO4-. The molecule has 0 fully saturated rings. The number of carboxylic acids is 1. The van der Waals surface area contributed by atoms with Crippen LogP contribution in [0.5, 0.6) is 0 Å². The highest BCUT2D eigenvalue weighted by molar-refractivity contribution is 14.1. The number of carbonyl (C=O) groups excluding carboxylic acids is 2. The fraction of sp³-hybridized carbons (Fsp3) is 0.273. The molecule has 0 radical (unpaired) electrons. The van der Waals surface area contributed by atoms with Crippen LogP contribution in [-0.2, 0) is 9.53 Å². The number of aliphatic carboxylic acids is 1. The molecule has 0 aliphatic rings. The van der Waals surface area contributed by atoms with E-state index in [2.05, 4.69) is 4.74 Å². The summed E-state index contributed by atoms with van der Waals surface area (Å²) in [5.74, 6) is -7.77. The average molecular weight is 369 g/mol. The maximum atomic E-state index is 12.6. The lowest BCUT2D eigenvalue weighted by molar-refractivity contribution is -0.331. The van der Waals surface area contributed by atoms with Gasteiger partial charge in [0.2, 0.25) is 0 Å². The van der Waals surface area contributed by atoms with Crippen molar-refractivity contribution in [1.82, 2.24) is 0 Å². The molecule has 0 spiro atoms. The molecule has 0 unspecified atom stereocenters. The fourth-order valence-corrected chi connectivity index (χ4v) is 1.53. The molecule has 0 N–H and O–H groups in total. The number of carbonyl (C=O) groups is 2. The highest BCUT2D eigenvalue weighted by atomic mass is 127. The Morgan fingerprint density at radius 3 is 2.56 bits per heavy atom. The second kappa shape index (κ2) is 5.59. The van der Waals surface area contributed by atoms with Crippen LogP contribution in [0.1, 0.15) is 15.9 Å². The number of aryl methyl sites for hydroxylation is 1. The summed E-state index contributed by atoms with van der Waals surface area (Å²) in [6, 6.07) is 4.52. The van der Waals surface area contributed by atoms with Gasteiger partial charge in [-0.2, -0.15) is 8.78 Å². The molecule has 0 heterocycles. The molecule has 0 aliphatic heterocycles. The molecule has 1 aromatic carbocycles. The van der Waals surface area contributed by atoms with E-state index < -0.39 is 24.5 Å². The van der Waals surface area contributed by atoms with E-state index in [1.54, 1.807) is 6.07 Å². The Labute approximate surface area is 115 Å². The zero-order chi connectivity index (χ0) is 13.9. The van der Waals surface area contributed by atoms with Gasteiger partial charge in [-0.05, 0) is 47.2 Å². The van der Waals surface area contributed by atoms with Crippen LogP contribution in [0.15, 0.2) is 18.2 Å². The summed E-state index contributed by atoms with van der Waals surface area (Å²) in [6.07, 6.45) is 0. The van der Waals surface area contributed by atoms with Crippen LogP contribution < -0.4 is 5.11 Å². The van der Waals surface area contributed by atoms with Gasteiger partial charge in [0.1, 0.15) is 5.97 Å². The van der Waals surface area contributed by atoms with E-state index in [1.165, 1.54) is 12.1 Å². The number of benzene rings is 1. The highest BCUT2D eigenvalue weighted by Gasteiger charge is 2.33. The quantitative estimate of drug-likeness (QED) is 0.590. The van der Waals surface area contributed by atoms with E-state index in [9.17, 15) is 23.5 Å². The van der Waals surface area contributed by atoms with Crippen LogP contribution >= 0.6 is 22.6 Å². The number of hydrogen-bond acceptors (Lipinski definition) is 4. The number of ether oxygens (including phenoxy) is 1. The van der Waals surface area contributed by atoms with Gasteiger partial charge in [-0.25, -0.2) is 4.79 Å². The Hall–Kier alpha value is -1.25. The van der Waals surface area contributed by atoms with Gasteiger partial charge < -0.3 is 14.6 Å². The zero-order valence-electron chi connectivity index (χ0n) is 9.21. The van der Waals surface area contributed by atoms with E-state index in [-0.39, 0.29) is 5.56 Å². The first-order chi connectivity index (χ1) is 8.24. The molecule has 1 rings (SSSR count). The third-order valence-electron chi connectivity index (χ3n) is 2.09. The van der Waals surface area contributed by atoms with Crippen LogP contribution in [-0.4, -0.2) is 24.5 Å². The molecule has 0 bridgehead atoms. The SMILES string of the molecule is Cc1ccc(C(=O)OCC(F)(F)C(=O)[O-])cc1I. The van der Waals surface area contributed by atoms with Crippen molar-refractivity contribution >= 4 is 34.5 Å². The normalized spacial score (nSPS) is 11.1. The highest BCUT2D eigenvalue weighted by Crippen LogP contribution is 2.16. The molecule has 0 aromatic heterocycles. The number of hydrogen-bond donors (Lipinski definition) is 0. The topological polar surface area (TPSA) is 66.4 Å². The van der Waals surface area contributed by atoms with Crippen LogP contribution in [0.3, 0.4) is 0 Å². The van der Waals surface area contributed by atoms with Crippen molar-refractivity contribution in [2.45, 2.75) is 12.8 Å². The first kappa shape index (κ1) is 14.8. The minimum Gasteiger partial charge on any atom is -0.544 e. The van der Waals surface area contributed by atoms with Crippen LogP contribution in [0.4, 0.5) is 8.78 Å². The second-order valence-corrected chi connectivity index (χ2v) is 4.69. The van der Waals surface area contributed by atoms with Gasteiger partial charge in [-0.3, -0.25) is 0 Å². The van der Waals surface area contributed by atoms with Crippen LogP contribution in [0.2, 0.25) is 0 Å². The lowest BCUT2D eigenvalue weighted by Crippen LogP contribution is -2.45. The molecule has 0 aliphatic carbocycles. The summed E-state index contributed by atoms with van der Waals surface area (Å²) < 4.78 is 30.3. The van der Waals surface area contributed by atoms with Gasteiger partial charge in [0, 0.05) is 3.57 Å². The summed E-state index contributed by atoms with van der Waals surface area (Å²) in [5, 5.41) is 10.0. The van der Waals surface area contributed by atoms with E-state index >= 15 is 0 Å². The Kier molecular flexibility index (Phi) is 4.60. The van der Waals surface area contributed by atoms with E-state index in [4.69, 9.17) is 0 Å². The minimum atomic E-state index is -4.19. The molecule has 0 amide bonds. The molecule has 0 saturated carbocycles. The molecule has 7 heteroatoms. The number of esters is 1. The van der Waals surface area contributed by atoms with Crippen molar-refractivity contribution in [2.75, 3.05) is 6.61 Å². The van der Waals surface area contributed by atoms with Crippen molar-refractivity contribution in [3.63, 3.8) is 0 Å². The Bertz CT molecular complexity index is 488. The summed E-state index contributed by atoms with van der Waals surface area (Å²) in [5.41, 5.74) is 1.01. The number of rotatable bonds is 4. The Balaban J connectivity index is 2.72. The predicted molar refractivity (Wildman–Crippen MR) is 64.1 cm³/mol. The molecule has 4 nitrogen and oxygen atoms in total. The maximum absolute atomic E-state index is 12.6. The summed E-state index contributed by atoms with van der Waals surface area (Å²) in [6.45, 7) is 0.278. The third-order valence-corrected chi connectivity index (χ3v) is 3.25. The standard InChI is InChI=1S/C11H9F2IO4/c1-6-2-3-7(4-8(6)14)9(15)18-5-11(12,13)10(16)17/h2-4H,5H2,1H3,(H,16,17)/p-1. The number of halogens is 3. The van der Waals surface area contributed by atoms with E-state index in [0.717, 1.165) is 9.13 Å². The monoisotopic (exact) mass is 369 g/mol. The molecule has 0 saturated heterocycles. The van der Waals surface area contributed by atoms with Crippen molar-refractivity contribution in [3.05, 3.63) is 32.9 Å². The number of alkyl halides is 2. The fourth-order valence-electron chi connectivity index (χ4n) is 1.02. The van der Waals surface area contributed by atoms with E-state index in [0.29, 0.717) is 0 Å². The van der Waals surface area contributed by atoms with E-state index in [1.807, 2.05) is 29.5 Å². The Morgan fingerprint density at radius 1 is 1.44 bits per heavy atom. The van der Waals surface area contributed by atoms with Crippen molar-refractivity contribution in [2.24, 2.45) is 0 Å². The van der Waals surface area contributed by atoms with Gasteiger partial charge in [0.25, 0.3) is 0 Å². The maximum Gasteiger partial charge on any atom is 0.338 e. The third kappa shape index (κ3) is 3.62. The number of carboxylic acid groups (broad SMARTS) is 1. The summed E-state index contributed by atoms with van der Waals surface area (Å²) >= 11 is 1.98. The largest absolute Gasteiger partial charge is 0.544 e. The van der Waals surface area contributed by atoms with Crippen LogP contribution in [0.25, 0.3) is 0 Å². The van der Waals surface area contributed by atoms with Gasteiger partial charge in [0.05, 0.1) is 5.56 Å². The summed E-state index contributed by atoms with van der Waals surface area (Å²) in [7, 11) is 0. The van der Waals surface area contributed by atoms with Gasteiger partial charge in [-0.15, -0.1) is 0 Å². The van der Waals surface area contributed by atoms with Gasteiger partial charge in [-0.1, -0.05) is 6.07 Å². The Morgan fingerprint density at radius 2 is 2.06 bits per heavy atom. The lowest BCUT2D eigenvalue weighted by atomic mass is 10.1. The average Bonchev–Trinajstić information content (AvgIpc) is 2.29. The first-order valence-corrected chi connectivity index (χ1v) is 5.84. The molecule has 0 atom stereocenters. The predicted octanol–water partition coefficient (Wildman–Crippen LogP) is 1.14.